The number of hydrogen-bond donors (Lipinski definition) is 0. The summed E-state index contributed by atoms with van der Waals surface area (Å²) in [6.45, 7) is 0.804. The Bertz CT molecular complexity index is 669. The van der Waals surface area contributed by atoms with E-state index in [1.165, 1.54) is 11.1 Å². The molecule has 1 atom stereocenters. The molecule has 4 heteroatoms. The summed E-state index contributed by atoms with van der Waals surface area (Å²) >= 11 is 6.00. The SMILES string of the molecule is COCC(=O)N1CCc2ccccc2C1c1ccc(Cl)cc1. The van der Waals surface area contributed by atoms with E-state index in [0.717, 1.165) is 12.0 Å². The van der Waals surface area contributed by atoms with Gasteiger partial charge in [0.2, 0.25) is 5.91 Å². The Morgan fingerprint density at radius 1 is 1.23 bits per heavy atom. The molecule has 1 unspecified atom stereocenters. The Morgan fingerprint density at radius 3 is 2.68 bits per heavy atom. The molecule has 1 amide bonds. The van der Waals surface area contributed by atoms with Gasteiger partial charge in [-0.1, -0.05) is 48.0 Å². The predicted octanol–water partition coefficient (Wildman–Crippen LogP) is 3.46. The molecule has 0 N–H and O–H groups in total. The van der Waals surface area contributed by atoms with Crippen molar-refractivity contribution in [3.8, 4) is 0 Å². The quantitative estimate of drug-likeness (QED) is 0.868. The van der Waals surface area contributed by atoms with Gasteiger partial charge in [0.15, 0.2) is 0 Å². The molecule has 3 nitrogen and oxygen atoms in total. The Labute approximate surface area is 135 Å². The number of fused-ring (bicyclic) bond motifs is 1. The average Bonchev–Trinajstić information content (AvgIpc) is 2.55. The monoisotopic (exact) mass is 315 g/mol. The third-order valence-corrected chi connectivity index (χ3v) is 4.31. The summed E-state index contributed by atoms with van der Waals surface area (Å²) in [6, 6.07) is 15.9. The van der Waals surface area contributed by atoms with E-state index < -0.39 is 0 Å². The Balaban J connectivity index is 2.05. The Hall–Kier alpha value is -1.84. The van der Waals surface area contributed by atoms with Crippen molar-refractivity contribution in [2.45, 2.75) is 12.5 Å². The number of ether oxygens (including phenoxy) is 1. The van der Waals surface area contributed by atoms with E-state index in [9.17, 15) is 4.79 Å². The van der Waals surface area contributed by atoms with Crippen molar-refractivity contribution in [1.29, 1.82) is 0 Å². The summed E-state index contributed by atoms with van der Waals surface area (Å²) in [5.74, 6) is 0.0111. The van der Waals surface area contributed by atoms with E-state index >= 15 is 0 Å². The fraction of sp³-hybridized carbons (Fsp3) is 0.278. The van der Waals surface area contributed by atoms with Crippen molar-refractivity contribution in [2.24, 2.45) is 0 Å². The zero-order valence-electron chi connectivity index (χ0n) is 12.5. The van der Waals surface area contributed by atoms with E-state index in [2.05, 4.69) is 12.1 Å². The molecule has 0 spiro atoms. The van der Waals surface area contributed by atoms with Crippen LogP contribution in [0.1, 0.15) is 22.7 Å². The highest BCUT2D eigenvalue weighted by molar-refractivity contribution is 6.30. The molecule has 0 saturated carbocycles. The molecule has 0 fully saturated rings. The van der Waals surface area contributed by atoms with Crippen LogP contribution in [0.25, 0.3) is 0 Å². The number of benzene rings is 2. The van der Waals surface area contributed by atoms with Gasteiger partial charge in [0.05, 0.1) is 6.04 Å². The van der Waals surface area contributed by atoms with Gasteiger partial charge in [0.1, 0.15) is 6.61 Å². The van der Waals surface area contributed by atoms with Crippen LogP contribution in [0.15, 0.2) is 48.5 Å². The van der Waals surface area contributed by atoms with E-state index in [1.807, 2.05) is 41.3 Å². The van der Waals surface area contributed by atoms with Gasteiger partial charge in [-0.25, -0.2) is 0 Å². The van der Waals surface area contributed by atoms with E-state index in [1.54, 1.807) is 7.11 Å². The lowest BCUT2D eigenvalue weighted by atomic mass is 9.88. The molecule has 1 aliphatic heterocycles. The van der Waals surface area contributed by atoms with Crippen LogP contribution in [-0.4, -0.2) is 31.1 Å². The van der Waals surface area contributed by atoms with E-state index in [-0.39, 0.29) is 18.6 Å². The fourth-order valence-electron chi connectivity index (χ4n) is 3.05. The van der Waals surface area contributed by atoms with Gasteiger partial charge in [0, 0.05) is 18.7 Å². The highest BCUT2D eigenvalue weighted by Gasteiger charge is 2.31. The second-order valence-corrected chi connectivity index (χ2v) is 5.86. The topological polar surface area (TPSA) is 29.5 Å². The minimum absolute atomic E-state index is 0.0111. The molecule has 3 rings (SSSR count). The molecule has 0 aliphatic carbocycles. The number of halogens is 1. The number of carbonyl (C=O) groups is 1. The normalized spacial score (nSPS) is 17.2. The fourth-order valence-corrected chi connectivity index (χ4v) is 3.17. The van der Waals surface area contributed by atoms with Gasteiger partial charge < -0.3 is 9.64 Å². The Morgan fingerprint density at radius 2 is 1.95 bits per heavy atom. The van der Waals surface area contributed by atoms with Gasteiger partial charge in [-0.05, 0) is 35.2 Å². The van der Waals surface area contributed by atoms with E-state index in [4.69, 9.17) is 16.3 Å². The molecule has 2 aromatic rings. The van der Waals surface area contributed by atoms with Crippen LogP contribution >= 0.6 is 11.6 Å². The minimum Gasteiger partial charge on any atom is -0.375 e. The first-order valence-electron chi connectivity index (χ1n) is 7.32. The first-order chi connectivity index (χ1) is 10.7. The van der Waals surface area contributed by atoms with Crippen molar-refractivity contribution in [3.63, 3.8) is 0 Å². The third-order valence-electron chi connectivity index (χ3n) is 4.06. The third kappa shape index (κ3) is 2.87. The van der Waals surface area contributed by atoms with Crippen LogP contribution in [-0.2, 0) is 16.0 Å². The van der Waals surface area contributed by atoms with Crippen molar-refractivity contribution >= 4 is 17.5 Å². The molecule has 0 radical (unpaired) electrons. The number of carbonyl (C=O) groups excluding carboxylic acids is 1. The molecule has 0 bridgehead atoms. The summed E-state index contributed by atoms with van der Waals surface area (Å²) in [6.07, 6.45) is 0.871. The summed E-state index contributed by atoms with van der Waals surface area (Å²) < 4.78 is 5.04. The molecule has 2 aromatic carbocycles. The standard InChI is InChI=1S/C18H18ClNO2/c1-22-12-17(21)20-11-10-13-4-2-3-5-16(13)18(20)14-6-8-15(19)9-7-14/h2-9,18H,10-12H2,1H3. The minimum atomic E-state index is -0.0788. The highest BCUT2D eigenvalue weighted by atomic mass is 35.5. The lowest BCUT2D eigenvalue weighted by Gasteiger charge is -2.37. The highest BCUT2D eigenvalue weighted by Crippen LogP contribution is 2.35. The molecular weight excluding hydrogens is 298 g/mol. The maximum atomic E-state index is 12.4. The number of rotatable bonds is 3. The lowest BCUT2D eigenvalue weighted by Crippen LogP contribution is -2.42. The number of methoxy groups -OCH3 is 1. The lowest BCUT2D eigenvalue weighted by molar-refractivity contribution is -0.137. The predicted molar refractivity (Wildman–Crippen MR) is 87.0 cm³/mol. The largest absolute Gasteiger partial charge is 0.375 e. The summed E-state index contributed by atoms with van der Waals surface area (Å²) in [5, 5.41) is 0.697. The van der Waals surface area contributed by atoms with Crippen molar-refractivity contribution in [3.05, 3.63) is 70.2 Å². The van der Waals surface area contributed by atoms with Gasteiger partial charge >= 0.3 is 0 Å². The second-order valence-electron chi connectivity index (χ2n) is 5.42. The number of amides is 1. The van der Waals surface area contributed by atoms with Crippen LogP contribution in [0.4, 0.5) is 0 Å². The van der Waals surface area contributed by atoms with E-state index in [0.29, 0.717) is 11.6 Å². The van der Waals surface area contributed by atoms with Crippen LogP contribution in [0.5, 0.6) is 0 Å². The molecule has 0 aromatic heterocycles. The first-order valence-corrected chi connectivity index (χ1v) is 7.70. The molecular formula is C18H18ClNO2. The van der Waals surface area contributed by atoms with Crippen LogP contribution in [0, 0.1) is 0 Å². The molecule has 1 heterocycles. The molecule has 114 valence electrons. The van der Waals surface area contributed by atoms with Gasteiger partial charge in [-0.15, -0.1) is 0 Å². The average molecular weight is 316 g/mol. The van der Waals surface area contributed by atoms with Crippen LogP contribution < -0.4 is 0 Å². The molecule has 1 aliphatic rings. The Kier molecular flexibility index (Phi) is 4.46. The molecule has 22 heavy (non-hydrogen) atoms. The smallest absolute Gasteiger partial charge is 0.249 e. The summed E-state index contributed by atoms with van der Waals surface area (Å²) in [7, 11) is 1.55. The van der Waals surface area contributed by atoms with Crippen molar-refractivity contribution in [1.82, 2.24) is 4.90 Å². The van der Waals surface area contributed by atoms with Gasteiger partial charge in [-0.2, -0.15) is 0 Å². The van der Waals surface area contributed by atoms with Crippen molar-refractivity contribution < 1.29 is 9.53 Å². The zero-order valence-corrected chi connectivity index (χ0v) is 13.2. The maximum Gasteiger partial charge on any atom is 0.249 e. The first kappa shape index (κ1) is 15.1. The van der Waals surface area contributed by atoms with Gasteiger partial charge in [0.25, 0.3) is 0 Å². The maximum absolute atomic E-state index is 12.4. The molecule has 0 saturated heterocycles. The summed E-state index contributed by atoms with van der Waals surface area (Å²) in [5.41, 5.74) is 3.55. The van der Waals surface area contributed by atoms with Crippen LogP contribution in [0.3, 0.4) is 0 Å². The number of hydrogen-bond acceptors (Lipinski definition) is 2. The van der Waals surface area contributed by atoms with Crippen molar-refractivity contribution in [2.75, 3.05) is 20.3 Å². The number of nitrogens with zero attached hydrogens (tertiary/aromatic N) is 1. The summed E-state index contributed by atoms with van der Waals surface area (Å²) in [4.78, 5) is 14.3. The second kappa shape index (κ2) is 6.51. The van der Waals surface area contributed by atoms with Gasteiger partial charge in [-0.3, -0.25) is 4.79 Å². The zero-order chi connectivity index (χ0) is 15.5. The van der Waals surface area contributed by atoms with Crippen LogP contribution in [0.2, 0.25) is 5.02 Å².